The number of carbonyl (C=O) groups is 3. The summed E-state index contributed by atoms with van der Waals surface area (Å²) in [4.78, 5) is 38.7. The zero-order valence-electron chi connectivity index (χ0n) is 20.0. The molecule has 0 spiro atoms. The van der Waals surface area contributed by atoms with E-state index < -0.39 is 0 Å². The summed E-state index contributed by atoms with van der Waals surface area (Å²) >= 11 is 0. The Morgan fingerprint density at radius 3 is 2.46 bits per heavy atom. The Morgan fingerprint density at radius 2 is 1.71 bits per heavy atom. The van der Waals surface area contributed by atoms with Gasteiger partial charge in [-0.05, 0) is 62.1 Å². The van der Waals surface area contributed by atoms with Crippen LogP contribution in [-0.2, 0) is 16.0 Å². The molecular weight excluding hydrogens is 453 g/mol. The van der Waals surface area contributed by atoms with Crippen molar-refractivity contribution < 1.29 is 28.2 Å². The van der Waals surface area contributed by atoms with Crippen molar-refractivity contribution in [3.05, 3.63) is 59.4 Å². The van der Waals surface area contributed by atoms with E-state index in [0.29, 0.717) is 29.2 Å². The van der Waals surface area contributed by atoms with Gasteiger partial charge in [-0.15, -0.1) is 0 Å². The Morgan fingerprint density at radius 1 is 0.943 bits per heavy atom. The molecule has 2 N–H and O–H groups in total. The van der Waals surface area contributed by atoms with Crippen molar-refractivity contribution in [2.24, 2.45) is 0 Å². The summed E-state index contributed by atoms with van der Waals surface area (Å²) < 4.78 is 24.5. The minimum atomic E-state index is -0.390. The van der Waals surface area contributed by atoms with Crippen molar-refractivity contribution >= 4 is 17.7 Å². The number of likely N-dealkylation sites (tertiary alicyclic amines) is 1. The number of halogens is 1. The highest BCUT2D eigenvalue weighted by molar-refractivity contribution is 5.95. The molecule has 35 heavy (non-hydrogen) atoms. The lowest BCUT2D eigenvalue weighted by Crippen LogP contribution is -2.38. The summed E-state index contributed by atoms with van der Waals surface area (Å²) in [5.74, 6) is -0.258. The van der Waals surface area contributed by atoms with E-state index in [-0.39, 0.29) is 49.7 Å². The van der Waals surface area contributed by atoms with E-state index in [9.17, 15) is 18.8 Å². The number of ether oxygens (including phenoxy) is 2. The van der Waals surface area contributed by atoms with Crippen molar-refractivity contribution in [2.75, 3.05) is 39.4 Å². The fourth-order valence-corrected chi connectivity index (χ4v) is 3.79. The third kappa shape index (κ3) is 8.27. The second-order valence-electron chi connectivity index (χ2n) is 8.24. The highest BCUT2D eigenvalue weighted by atomic mass is 19.1. The Labute approximate surface area is 204 Å². The van der Waals surface area contributed by atoms with Gasteiger partial charge in [-0.25, -0.2) is 4.39 Å². The molecule has 9 heteroatoms. The second-order valence-corrected chi connectivity index (χ2v) is 8.24. The average Bonchev–Trinajstić information content (AvgIpc) is 2.86. The largest absolute Gasteiger partial charge is 0.490 e. The van der Waals surface area contributed by atoms with Crippen molar-refractivity contribution in [3.63, 3.8) is 0 Å². The number of piperidine rings is 1. The molecule has 1 fully saturated rings. The molecule has 2 aromatic carbocycles. The van der Waals surface area contributed by atoms with E-state index in [1.165, 1.54) is 12.1 Å². The van der Waals surface area contributed by atoms with Gasteiger partial charge in [0, 0.05) is 31.7 Å². The van der Waals surface area contributed by atoms with Crippen LogP contribution in [0.3, 0.4) is 0 Å². The fraction of sp³-hybridized carbons (Fsp3) is 0.423. The summed E-state index contributed by atoms with van der Waals surface area (Å²) in [5.41, 5.74) is 0.948. The zero-order chi connectivity index (χ0) is 25.0. The molecule has 3 rings (SSSR count). The van der Waals surface area contributed by atoms with Crippen LogP contribution in [0.1, 0.15) is 42.1 Å². The molecule has 3 amide bonds. The standard InChI is InChI=1S/C26H32FN3O5/c1-2-34-23-17-20(9-10-22(23)35-18-25(32)30-13-4-3-5-14-30)26(33)29-12-11-28-24(31)16-19-7-6-8-21(27)15-19/h6-10,15,17H,2-5,11-14,16,18H2,1H3,(H,28,31)(H,29,33). The number of benzene rings is 2. The molecule has 1 saturated heterocycles. The van der Waals surface area contributed by atoms with Gasteiger partial charge in [0.15, 0.2) is 18.1 Å². The summed E-state index contributed by atoms with van der Waals surface area (Å²) in [6.45, 7) is 4.08. The Balaban J connectivity index is 1.46. The van der Waals surface area contributed by atoms with Crippen LogP contribution in [0.2, 0.25) is 0 Å². The highest BCUT2D eigenvalue weighted by Gasteiger charge is 2.18. The molecule has 0 radical (unpaired) electrons. The third-order valence-corrected chi connectivity index (χ3v) is 5.55. The number of hydrogen-bond acceptors (Lipinski definition) is 5. The summed E-state index contributed by atoms with van der Waals surface area (Å²) in [6, 6.07) is 10.7. The summed E-state index contributed by atoms with van der Waals surface area (Å²) in [7, 11) is 0. The molecule has 0 atom stereocenters. The van der Waals surface area contributed by atoms with E-state index in [4.69, 9.17) is 9.47 Å². The molecule has 0 aliphatic carbocycles. The van der Waals surface area contributed by atoms with Crippen LogP contribution in [0.15, 0.2) is 42.5 Å². The molecule has 2 aromatic rings. The molecule has 0 bridgehead atoms. The van der Waals surface area contributed by atoms with E-state index >= 15 is 0 Å². The van der Waals surface area contributed by atoms with Crippen molar-refractivity contribution in [3.8, 4) is 11.5 Å². The van der Waals surface area contributed by atoms with E-state index in [1.807, 2.05) is 11.8 Å². The first kappa shape index (κ1) is 26.0. The van der Waals surface area contributed by atoms with Crippen LogP contribution in [-0.4, -0.2) is 62.0 Å². The fourth-order valence-electron chi connectivity index (χ4n) is 3.79. The molecular formula is C26H32FN3O5. The molecule has 0 unspecified atom stereocenters. The second kappa shape index (κ2) is 13.3. The maximum absolute atomic E-state index is 13.2. The van der Waals surface area contributed by atoms with Gasteiger partial charge >= 0.3 is 0 Å². The summed E-state index contributed by atoms with van der Waals surface area (Å²) in [6.07, 6.45) is 3.22. The van der Waals surface area contributed by atoms with Gasteiger partial charge in [-0.2, -0.15) is 0 Å². The van der Waals surface area contributed by atoms with Crippen LogP contribution in [0, 0.1) is 5.82 Å². The topological polar surface area (TPSA) is 97.0 Å². The predicted molar refractivity (Wildman–Crippen MR) is 129 cm³/mol. The van der Waals surface area contributed by atoms with E-state index in [0.717, 1.165) is 32.4 Å². The number of carbonyl (C=O) groups excluding carboxylic acids is 3. The van der Waals surface area contributed by atoms with Crippen molar-refractivity contribution in [1.29, 1.82) is 0 Å². The monoisotopic (exact) mass is 485 g/mol. The Bertz CT molecular complexity index is 1020. The van der Waals surface area contributed by atoms with Crippen LogP contribution in [0.5, 0.6) is 11.5 Å². The molecule has 8 nitrogen and oxygen atoms in total. The zero-order valence-corrected chi connectivity index (χ0v) is 20.0. The van der Waals surface area contributed by atoms with Gasteiger partial charge in [-0.3, -0.25) is 14.4 Å². The molecule has 1 heterocycles. The normalized spacial score (nSPS) is 13.1. The van der Waals surface area contributed by atoms with Crippen LogP contribution in [0.25, 0.3) is 0 Å². The lowest BCUT2D eigenvalue weighted by atomic mass is 10.1. The maximum Gasteiger partial charge on any atom is 0.260 e. The SMILES string of the molecule is CCOc1cc(C(=O)NCCNC(=O)Cc2cccc(F)c2)ccc1OCC(=O)N1CCCCC1. The first-order valence-electron chi connectivity index (χ1n) is 11.9. The van der Waals surface area contributed by atoms with E-state index in [2.05, 4.69) is 10.6 Å². The molecule has 1 aliphatic heterocycles. The summed E-state index contributed by atoms with van der Waals surface area (Å²) in [5, 5.41) is 5.43. The first-order valence-corrected chi connectivity index (χ1v) is 11.9. The molecule has 0 saturated carbocycles. The number of nitrogens with one attached hydrogen (secondary N) is 2. The molecule has 188 valence electrons. The highest BCUT2D eigenvalue weighted by Crippen LogP contribution is 2.28. The number of nitrogens with zero attached hydrogens (tertiary/aromatic N) is 1. The maximum atomic E-state index is 13.2. The van der Waals surface area contributed by atoms with Gasteiger partial charge < -0.3 is 25.0 Å². The predicted octanol–water partition coefficient (Wildman–Crippen LogP) is 2.70. The van der Waals surface area contributed by atoms with Crippen molar-refractivity contribution in [2.45, 2.75) is 32.6 Å². The quantitative estimate of drug-likeness (QED) is 0.477. The number of hydrogen-bond donors (Lipinski definition) is 2. The lowest BCUT2D eigenvalue weighted by molar-refractivity contribution is -0.134. The minimum absolute atomic E-state index is 0.0607. The Hall–Kier alpha value is -3.62. The van der Waals surface area contributed by atoms with Gasteiger partial charge in [0.25, 0.3) is 11.8 Å². The molecule has 1 aliphatic rings. The van der Waals surface area contributed by atoms with Crippen molar-refractivity contribution in [1.82, 2.24) is 15.5 Å². The van der Waals surface area contributed by atoms with Crippen LogP contribution >= 0.6 is 0 Å². The third-order valence-electron chi connectivity index (χ3n) is 5.55. The van der Waals surface area contributed by atoms with Gasteiger partial charge in [-0.1, -0.05) is 12.1 Å². The van der Waals surface area contributed by atoms with Gasteiger partial charge in [0.2, 0.25) is 5.91 Å². The van der Waals surface area contributed by atoms with E-state index in [1.54, 1.807) is 30.3 Å². The van der Waals surface area contributed by atoms with Gasteiger partial charge in [0.1, 0.15) is 5.82 Å². The van der Waals surface area contributed by atoms with Gasteiger partial charge in [0.05, 0.1) is 13.0 Å². The molecule has 0 aromatic heterocycles. The average molecular weight is 486 g/mol. The smallest absolute Gasteiger partial charge is 0.260 e. The minimum Gasteiger partial charge on any atom is -0.490 e. The lowest BCUT2D eigenvalue weighted by Gasteiger charge is -2.26. The number of rotatable bonds is 11. The van der Waals surface area contributed by atoms with Crippen LogP contribution < -0.4 is 20.1 Å². The number of amides is 3. The first-order chi connectivity index (χ1) is 17.0. The Kier molecular flexibility index (Phi) is 9.89. The van der Waals surface area contributed by atoms with Crippen LogP contribution in [0.4, 0.5) is 4.39 Å².